The smallest absolute Gasteiger partial charge is 0.379 e. The average Bonchev–Trinajstić information content (AvgIpc) is 1.30. The standard InChI is InChI=1S/C70H110ClF3N12O12/c1-13-36-98-44-55-64(93)79(7)41-56(87)76-52(30-28-47-27-29-50(51(71)38-47)70(72,73)74)63(92)86-35-23-26-53(86)62(91)77-69(31-19-20-32-69)68(97)84(12)61(48-24-17-15-18-25-48)67(96)83(11)54(65(94)85-33-21-16-22-34-85)39-57(88)81(9)49(37-45(3)4)40-75-60(46(5)14-2)66(95)80(8)42-58(89)78(6)43-59(90)82(55)10/h27,29,38,45-46,48-49,52-55,60-61,75H,13-26,28,30-37,39-44H2,1-12H3,(H,76,87)(H,77,91)/t46-,49-,52-,53-,54-,55-,60-,61-/m0/s1. The number of fused-ring (bicyclic) bond motifs is 1. The second kappa shape index (κ2) is 36.6. The van der Waals surface area contributed by atoms with Crippen molar-refractivity contribution in [2.45, 2.75) is 217 Å². The molecule has 28 heteroatoms. The number of nitrogens with one attached hydrogen (secondary N) is 3. The van der Waals surface area contributed by atoms with Gasteiger partial charge in [0.25, 0.3) is 0 Å². The Morgan fingerprint density at radius 1 is 0.694 bits per heavy atom. The summed E-state index contributed by atoms with van der Waals surface area (Å²) in [7, 11) is 10.2. The van der Waals surface area contributed by atoms with E-state index in [4.69, 9.17) is 16.3 Å². The molecule has 24 nitrogen and oxygen atoms in total. The summed E-state index contributed by atoms with van der Waals surface area (Å²) >= 11 is 6.14. The zero-order valence-electron chi connectivity index (χ0n) is 59.9. The van der Waals surface area contributed by atoms with Crippen LogP contribution in [0.1, 0.15) is 168 Å². The van der Waals surface area contributed by atoms with Gasteiger partial charge < -0.3 is 64.8 Å². The third-order valence-electron chi connectivity index (χ3n) is 20.8. The van der Waals surface area contributed by atoms with E-state index in [9.17, 15) is 37.1 Å². The number of piperidine rings is 1. The highest BCUT2D eigenvalue weighted by atomic mass is 35.5. The Bertz CT molecular complexity index is 2960. The van der Waals surface area contributed by atoms with Crippen molar-refractivity contribution >= 4 is 76.6 Å². The highest BCUT2D eigenvalue weighted by molar-refractivity contribution is 6.31. The normalized spacial score (nSPS) is 26.2. The summed E-state index contributed by atoms with van der Waals surface area (Å²) in [6, 6.07) is -4.56. The summed E-state index contributed by atoms with van der Waals surface area (Å²) in [5.41, 5.74) is -2.32. The van der Waals surface area contributed by atoms with Crippen molar-refractivity contribution in [1.82, 2.24) is 60.0 Å². The summed E-state index contributed by atoms with van der Waals surface area (Å²) < 4.78 is 47.3. The molecule has 6 rings (SSSR count). The van der Waals surface area contributed by atoms with Gasteiger partial charge in [0.2, 0.25) is 65.0 Å². The third kappa shape index (κ3) is 20.8. The number of amides is 11. The number of hydrogen-bond acceptors (Lipinski definition) is 13. The Morgan fingerprint density at radius 3 is 1.94 bits per heavy atom. The maximum atomic E-state index is 15.8. The van der Waals surface area contributed by atoms with Gasteiger partial charge in [0.05, 0.1) is 49.3 Å². The van der Waals surface area contributed by atoms with Crippen LogP contribution in [0.3, 0.4) is 0 Å². The minimum absolute atomic E-state index is 0.0399. The maximum absolute atomic E-state index is 15.8. The monoisotopic (exact) mass is 1400 g/mol. The fraction of sp³-hybridized carbons (Fsp3) is 0.757. The van der Waals surface area contributed by atoms with E-state index < -0.39 is 156 Å². The van der Waals surface area contributed by atoms with Crippen molar-refractivity contribution < 1.29 is 70.6 Å². The van der Waals surface area contributed by atoms with Crippen LogP contribution < -0.4 is 16.0 Å². The molecule has 0 aromatic heterocycles. The Kier molecular flexibility index (Phi) is 30.1. The number of alkyl halides is 3. The van der Waals surface area contributed by atoms with Crippen LogP contribution in [0.2, 0.25) is 5.02 Å². The minimum atomic E-state index is -4.76. The molecule has 5 fully saturated rings. The lowest BCUT2D eigenvalue weighted by atomic mass is 9.81. The van der Waals surface area contributed by atoms with E-state index in [-0.39, 0.29) is 76.2 Å². The van der Waals surface area contributed by atoms with Gasteiger partial charge in [-0.15, -0.1) is 0 Å². The summed E-state index contributed by atoms with van der Waals surface area (Å²) in [5, 5.41) is 8.67. The molecule has 0 bridgehead atoms. The van der Waals surface area contributed by atoms with Gasteiger partial charge in [0, 0.05) is 88.2 Å². The van der Waals surface area contributed by atoms with Crippen LogP contribution in [0.15, 0.2) is 18.2 Å². The molecule has 3 saturated heterocycles. The minimum Gasteiger partial charge on any atom is -0.379 e. The Morgan fingerprint density at radius 2 is 1.33 bits per heavy atom. The maximum Gasteiger partial charge on any atom is 0.417 e. The van der Waals surface area contributed by atoms with Gasteiger partial charge in [0.1, 0.15) is 35.7 Å². The fourth-order valence-corrected chi connectivity index (χ4v) is 14.8. The lowest BCUT2D eigenvalue weighted by molar-refractivity contribution is -0.157. The Balaban J connectivity index is 1.42. The number of rotatable bonds is 13. The van der Waals surface area contributed by atoms with Crippen molar-refractivity contribution in [3.63, 3.8) is 0 Å². The van der Waals surface area contributed by atoms with E-state index in [2.05, 4.69) is 16.0 Å². The van der Waals surface area contributed by atoms with Crippen molar-refractivity contribution in [2.24, 2.45) is 17.8 Å². The molecule has 1 aromatic carbocycles. The van der Waals surface area contributed by atoms with E-state index in [1.54, 1.807) is 23.9 Å². The summed E-state index contributed by atoms with van der Waals surface area (Å²) in [4.78, 5) is 175. The molecule has 0 unspecified atom stereocenters. The first-order chi connectivity index (χ1) is 46.3. The molecule has 3 N–H and O–H groups in total. The van der Waals surface area contributed by atoms with Gasteiger partial charge in [-0.3, -0.25) is 52.7 Å². The molecule has 98 heavy (non-hydrogen) atoms. The molecular weight excluding hydrogens is 1290 g/mol. The predicted molar refractivity (Wildman–Crippen MR) is 363 cm³/mol. The van der Waals surface area contributed by atoms with E-state index >= 15 is 28.8 Å². The lowest BCUT2D eigenvalue weighted by Crippen LogP contribution is -2.65. The molecule has 1 aromatic rings. The van der Waals surface area contributed by atoms with Gasteiger partial charge in [-0.05, 0) is 119 Å². The first kappa shape index (κ1) is 80.4. The number of ether oxygens (including phenoxy) is 1. The second-order valence-electron chi connectivity index (χ2n) is 28.5. The third-order valence-corrected chi connectivity index (χ3v) is 21.1. The van der Waals surface area contributed by atoms with Crippen LogP contribution in [-0.4, -0.2) is 265 Å². The highest BCUT2D eigenvalue weighted by Gasteiger charge is 2.51. The predicted octanol–water partition coefficient (Wildman–Crippen LogP) is 5.35. The largest absolute Gasteiger partial charge is 0.417 e. The zero-order chi connectivity index (χ0) is 72.5. The fourth-order valence-electron chi connectivity index (χ4n) is 14.5. The van der Waals surface area contributed by atoms with Crippen molar-refractivity contribution in [1.29, 1.82) is 0 Å². The molecule has 550 valence electrons. The quantitative estimate of drug-likeness (QED) is 0.211. The molecule has 8 atom stereocenters. The van der Waals surface area contributed by atoms with Crippen LogP contribution in [0.4, 0.5) is 13.2 Å². The van der Waals surface area contributed by atoms with Crippen LogP contribution in [0.5, 0.6) is 0 Å². The average molecular weight is 1400 g/mol. The van der Waals surface area contributed by atoms with E-state index in [1.807, 2.05) is 34.6 Å². The summed E-state index contributed by atoms with van der Waals surface area (Å²) in [6.07, 6.45) is 4.09. The second-order valence-corrected chi connectivity index (χ2v) is 29.0. The number of halogens is 4. The van der Waals surface area contributed by atoms with Crippen LogP contribution in [0.25, 0.3) is 0 Å². The van der Waals surface area contributed by atoms with E-state index in [0.29, 0.717) is 70.0 Å². The van der Waals surface area contributed by atoms with Crippen molar-refractivity contribution in [3.8, 4) is 0 Å². The SMILES string of the molecule is CCCOC[C@H]1C(=O)N(C)CC(=O)N[C@@H](CCc2ccc(C(F)(F)F)c(Cl)c2)C(=O)N2CCC[C@H]2C(=O)NC2(CCCC2)C(=O)N(C)[C@@H](C2CCCCC2)C(=O)N(C)[C@H](C(=O)N2CCCCC2)CC(=O)N(C)[C@@H](CC(C)C)CN[C@@H]([C@@H](C)CC)C(=O)N(C)CC(=O)N(C)CC(=O)N1C. The Hall–Kier alpha value is -6.61. The van der Waals surface area contributed by atoms with Crippen LogP contribution in [-0.2, 0) is 70.1 Å². The molecule has 1 spiro atoms. The molecule has 11 amide bonds. The van der Waals surface area contributed by atoms with Crippen molar-refractivity contribution in [3.05, 3.63) is 34.3 Å². The van der Waals surface area contributed by atoms with Gasteiger partial charge in [-0.25, -0.2) is 0 Å². The van der Waals surface area contributed by atoms with Crippen molar-refractivity contribution in [2.75, 3.05) is 108 Å². The number of hydrogen-bond donors (Lipinski definition) is 3. The number of likely N-dealkylation sites (N-methyl/N-ethyl adjacent to an activating group) is 7. The molecule has 2 saturated carbocycles. The molecular formula is C70H110ClF3N12O12. The number of carbonyl (C=O) groups is 11. The van der Waals surface area contributed by atoms with Gasteiger partial charge in [-0.2, -0.15) is 13.2 Å². The lowest BCUT2D eigenvalue weighted by Gasteiger charge is -2.43. The number of carbonyl (C=O) groups excluding carboxylic acids is 11. The highest BCUT2D eigenvalue weighted by Crippen LogP contribution is 2.38. The van der Waals surface area contributed by atoms with E-state index in [0.717, 1.165) is 65.4 Å². The summed E-state index contributed by atoms with van der Waals surface area (Å²) in [6.45, 7) is 8.98. The molecule has 0 radical (unpaired) electrons. The van der Waals surface area contributed by atoms with Crippen LogP contribution in [0, 0.1) is 17.8 Å². The Labute approximate surface area is 582 Å². The van der Waals surface area contributed by atoms with Gasteiger partial charge >= 0.3 is 6.18 Å². The molecule has 3 aliphatic heterocycles. The number of likely N-dealkylation sites (tertiary alicyclic amines) is 1. The molecule has 3 heterocycles. The van der Waals surface area contributed by atoms with Gasteiger partial charge in [0.15, 0.2) is 0 Å². The first-order valence-electron chi connectivity index (χ1n) is 35.4. The van der Waals surface area contributed by atoms with Gasteiger partial charge in [-0.1, -0.05) is 90.8 Å². The molecule has 2 aliphatic carbocycles. The number of nitrogens with zero attached hydrogens (tertiary/aromatic N) is 9. The zero-order valence-corrected chi connectivity index (χ0v) is 60.7. The topological polar surface area (TPSA) is 262 Å². The van der Waals surface area contributed by atoms with E-state index in [1.165, 1.54) is 60.9 Å². The number of benzene rings is 1. The van der Waals surface area contributed by atoms with Crippen LogP contribution >= 0.6 is 11.6 Å². The number of aryl methyl sites for hydroxylation is 1. The molecule has 5 aliphatic rings. The first-order valence-corrected chi connectivity index (χ1v) is 35.8. The summed E-state index contributed by atoms with van der Waals surface area (Å²) in [5.74, 6) is -7.13.